The number of amides is 1. The Morgan fingerprint density at radius 1 is 0.960 bits per heavy atom. The Morgan fingerprint density at radius 2 is 1.64 bits per heavy atom. The predicted octanol–water partition coefficient (Wildman–Crippen LogP) is 3.44. The Kier molecular flexibility index (Phi) is 6.00. The zero-order valence-corrected chi connectivity index (χ0v) is 14.7. The first-order valence-corrected chi connectivity index (χ1v) is 7.81. The van der Waals surface area contributed by atoms with Gasteiger partial charge in [0.05, 0.1) is 26.4 Å². The van der Waals surface area contributed by atoms with Crippen LogP contribution in [0.2, 0.25) is 0 Å². The highest BCUT2D eigenvalue weighted by Crippen LogP contribution is 2.28. The highest BCUT2D eigenvalue weighted by molar-refractivity contribution is 6.05. The molecule has 0 fully saturated rings. The Bertz CT molecular complexity index is 785. The van der Waals surface area contributed by atoms with Gasteiger partial charge in [-0.1, -0.05) is 6.07 Å². The predicted molar refractivity (Wildman–Crippen MR) is 94.6 cm³/mol. The van der Waals surface area contributed by atoms with Gasteiger partial charge in [0.2, 0.25) is 0 Å². The van der Waals surface area contributed by atoms with Crippen LogP contribution in [0.1, 0.15) is 33.2 Å². The summed E-state index contributed by atoms with van der Waals surface area (Å²) in [7, 11) is 3.04. The van der Waals surface area contributed by atoms with E-state index < -0.39 is 5.97 Å². The van der Waals surface area contributed by atoms with Crippen molar-refractivity contribution in [3.8, 4) is 11.5 Å². The van der Waals surface area contributed by atoms with Crippen LogP contribution in [0.3, 0.4) is 0 Å². The molecule has 0 saturated heterocycles. The molecule has 6 nitrogen and oxygen atoms in total. The normalized spacial score (nSPS) is 10.1. The highest BCUT2D eigenvalue weighted by Gasteiger charge is 2.14. The Morgan fingerprint density at radius 3 is 2.28 bits per heavy atom. The number of aryl methyl sites for hydroxylation is 1. The van der Waals surface area contributed by atoms with E-state index in [0.29, 0.717) is 34.9 Å². The van der Waals surface area contributed by atoms with E-state index in [1.54, 1.807) is 43.3 Å². The van der Waals surface area contributed by atoms with Gasteiger partial charge in [0.25, 0.3) is 5.91 Å². The molecule has 0 saturated carbocycles. The smallest absolute Gasteiger partial charge is 0.338 e. The summed E-state index contributed by atoms with van der Waals surface area (Å²) >= 11 is 0. The van der Waals surface area contributed by atoms with E-state index in [1.165, 1.54) is 14.2 Å². The van der Waals surface area contributed by atoms with Crippen LogP contribution in [0.4, 0.5) is 5.69 Å². The van der Waals surface area contributed by atoms with Crippen molar-refractivity contribution in [3.63, 3.8) is 0 Å². The third-order valence-corrected chi connectivity index (χ3v) is 3.64. The minimum absolute atomic E-state index is 0.292. The van der Waals surface area contributed by atoms with Gasteiger partial charge in [-0.05, 0) is 49.7 Å². The summed E-state index contributed by atoms with van der Waals surface area (Å²) in [6.07, 6.45) is 0. The van der Waals surface area contributed by atoms with Crippen molar-refractivity contribution in [1.29, 1.82) is 0 Å². The number of methoxy groups -OCH3 is 2. The molecule has 25 heavy (non-hydrogen) atoms. The van der Waals surface area contributed by atoms with Crippen LogP contribution < -0.4 is 14.8 Å². The molecule has 0 bridgehead atoms. The van der Waals surface area contributed by atoms with Crippen LogP contribution in [0.15, 0.2) is 36.4 Å². The van der Waals surface area contributed by atoms with Crippen molar-refractivity contribution < 1.29 is 23.8 Å². The first-order valence-electron chi connectivity index (χ1n) is 7.81. The van der Waals surface area contributed by atoms with Gasteiger partial charge in [-0.3, -0.25) is 4.79 Å². The zero-order chi connectivity index (χ0) is 18.4. The molecular weight excluding hydrogens is 322 g/mol. The van der Waals surface area contributed by atoms with Gasteiger partial charge in [-0.25, -0.2) is 4.79 Å². The minimum Gasteiger partial charge on any atom is -0.493 e. The largest absolute Gasteiger partial charge is 0.493 e. The Labute approximate surface area is 146 Å². The summed E-state index contributed by atoms with van der Waals surface area (Å²) in [6, 6.07) is 9.93. The molecule has 6 heteroatoms. The number of benzene rings is 2. The number of carbonyl (C=O) groups excluding carboxylic acids is 2. The molecule has 2 aromatic carbocycles. The second-order valence-electron chi connectivity index (χ2n) is 5.27. The van der Waals surface area contributed by atoms with Crippen molar-refractivity contribution in [2.24, 2.45) is 0 Å². The molecule has 0 aliphatic heterocycles. The van der Waals surface area contributed by atoms with Gasteiger partial charge in [0.1, 0.15) is 0 Å². The standard InChI is InChI=1S/C19H21NO5/c1-5-25-19(22)14-7-6-12(2)15(10-14)20-18(21)13-8-9-16(23-3)17(11-13)24-4/h6-11H,5H2,1-4H3,(H,20,21). The molecule has 0 atom stereocenters. The van der Waals surface area contributed by atoms with E-state index in [2.05, 4.69) is 5.32 Å². The monoisotopic (exact) mass is 343 g/mol. The number of hydrogen-bond donors (Lipinski definition) is 1. The molecule has 0 aromatic heterocycles. The SMILES string of the molecule is CCOC(=O)c1ccc(C)c(NC(=O)c2ccc(OC)c(OC)c2)c1. The van der Waals surface area contributed by atoms with Crippen molar-refractivity contribution in [1.82, 2.24) is 0 Å². The Balaban J connectivity index is 2.25. The van der Waals surface area contributed by atoms with E-state index >= 15 is 0 Å². The molecule has 1 amide bonds. The number of carbonyl (C=O) groups is 2. The highest BCUT2D eigenvalue weighted by atomic mass is 16.5. The van der Waals surface area contributed by atoms with Crippen LogP contribution in [0.5, 0.6) is 11.5 Å². The average Bonchev–Trinajstić information content (AvgIpc) is 2.62. The van der Waals surface area contributed by atoms with Gasteiger partial charge in [-0.15, -0.1) is 0 Å². The molecule has 0 aliphatic carbocycles. The second kappa shape index (κ2) is 8.19. The maximum atomic E-state index is 12.5. The molecule has 0 spiro atoms. The topological polar surface area (TPSA) is 73.9 Å². The quantitative estimate of drug-likeness (QED) is 0.813. The maximum Gasteiger partial charge on any atom is 0.338 e. The molecule has 132 valence electrons. The van der Waals surface area contributed by atoms with Crippen molar-refractivity contribution in [2.75, 3.05) is 26.1 Å². The van der Waals surface area contributed by atoms with Crippen LogP contribution >= 0.6 is 0 Å². The van der Waals surface area contributed by atoms with E-state index in [4.69, 9.17) is 14.2 Å². The third kappa shape index (κ3) is 4.29. The van der Waals surface area contributed by atoms with E-state index in [9.17, 15) is 9.59 Å². The summed E-state index contributed by atoms with van der Waals surface area (Å²) < 4.78 is 15.4. The number of ether oxygens (including phenoxy) is 3. The first kappa shape index (κ1) is 18.3. The number of rotatable bonds is 6. The minimum atomic E-state index is -0.427. The van der Waals surface area contributed by atoms with Crippen LogP contribution in [-0.2, 0) is 4.74 Å². The average molecular weight is 343 g/mol. The molecule has 0 unspecified atom stereocenters. The fourth-order valence-corrected chi connectivity index (χ4v) is 2.27. The van der Waals surface area contributed by atoms with Gasteiger partial charge in [0, 0.05) is 11.3 Å². The van der Waals surface area contributed by atoms with Crippen LogP contribution in [0.25, 0.3) is 0 Å². The molecule has 2 aromatic rings. The zero-order valence-electron chi connectivity index (χ0n) is 14.7. The summed E-state index contributed by atoms with van der Waals surface area (Å²) in [5.41, 5.74) is 2.18. The third-order valence-electron chi connectivity index (χ3n) is 3.64. The second-order valence-corrected chi connectivity index (χ2v) is 5.27. The molecular formula is C19H21NO5. The lowest BCUT2D eigenvalue weighted by Gasteiger charge is -2.12. The fourth-order valence-electron chi connectivity index (χ4n) is 2.27. The van der Waals surface area contributed by atoms with Crippen molar-refractivity contribution >= 4 is 17.6 Å². The lowest BCUT2D eigenvalue weighted by Crippen LogP contribution is -2.14. The lowest BCUT2D eigenvalue weighted by molar-refractivity contribution is 0.0526. The lowest BCUT2D eigenvalue weighted by atomic mass is 10.1. The van der Waals surface area contributed by atoms with E-state index in [0.717, 1.165) is 5.56 Å². The number of anilines is 1. The van der Waals surface area contributed by atoms with E-state index in [1.807, 2.05) is 6.92 Å². The first-order chi connectivity index (χ1) is 12.0. The van der Waals surface area contributed by atoms with E-state index in [-0.39, 0.29) is 5.91 Å². The maximum absolute atomic E-state index is 12.5. The van der Waals surface area contributed by atoms with Crippen LogP contribution in [-0.4, -0.2) is 32.7 Å². The summed E-state index contributed by atoms with van der Waals surface area (Å²) in [5, 5.41) is 2.81. The van der Waals surface area contributed by atoms with Crippen molar-refractivity contribution in [2.45, 2.75) is 13.8 Å². The molecule has 0 aliphatic rings. The summed E-state index contributed by atoms with van der Waals surface area (Å²) in [4.78, 5) is 24.4. The molecule has 0 radical (unpaired) electrons. The van der Waals surface area contributed by atoms with Gasteiger partial charge in [-0.2, -0.15) is 0 Å². The molecule has 0 heterocycles. The van der Waals surface area contributed by atoms with Gasteiger partial charge >= 0.3 is 5.97 Å². The fraction of sp³-hybridized carbons (Fsp3) is 0.263. The van der Waals surface area contributed by atoms with Crippen LogP contribution in [0, 0.1) is 6.92 Å². The summed E-state index contributed by atoms with van der Waals surface area (Å²) in [5.74, 6) is 0.265. The van der Waals surface area contributed by atoms with Gasteiger partial charge in [0.15, 0.2) is 11.5 Å². The molecule has 2 rings (SSSR count). The number of nitrogens with one attached hydrogen (secondary N) is 1. The number of esters is 1. The molecule has 1 N–H and O–H groups in total. The number of hydrogen-bond acceptors (Lipinski definition) is 5. The van der Waals surface area contributed by atoms with Gasteiger partial charge < -0.3 is 19.5 Å². The Hall–Kier alpha value is -3.02. The summed E-state index contributed by atoms with van der Waals surface area (Å²) in [6.45, 7) is 3.88. The van der Waals surface area contributed by atoms with Crippen molar-refractivity contribution in [3.05, 3.63) is 53.1 Å².